The van der Waals surface area contributed by atoms with Crippen LogP contribution < -0.4 is 4.90 Å². The van der Waals surface area contributed by atoms with Crippen LogP contribution in [0.4, 0.5) is 5.69 Å². The molecule has 0 aromatic carbocycles. The van der Waals surface area contributed by atoms with Gasteiger partial charge in [-0.15, -0.1) is 11.3 Å². The molecule has 1 rings (SSSR count). The van der Waals surface area contributed by atoms with E-state index in [9.17, 15) is 4.79 Å². The summed E-state index contributed by atoms with van der Waals surface area (Å²) in [6.07, 6.45) is 2.34. The predicted molar refractivity (Wildman–Crippen MR) is 73.2 cm³/mol. The number of carboxylic acids is 1. The molecule has 0 saturated carbocycles. The van der Waals surface area contributed by atoms with Crippen molar-refractivity contribution in [2.75, 3.05) is 18.0 Å². The molecule has 0 bridgehead atoms. The van der Waals surface area contributed by atoms with Crippen LogP contribution in [-0.4, -0.2) is 24.2 Å². The van der Waals surface area contributed by atoms with Gasteiger partial charge in [0, 0.05) is 24.2 Å². The van der Waals surface area contributed by atoms with Crippen molar-refractivity contribution in [1.29, 1.82) is 0 Å². The molecule has 96 valence electrons. The van der Waals surface area contributed by atoms with E-state index in [1.165, 1.54) is 24.2 Å². The van der Waals surface area contributed by atoms with Crippen LogP contribution in [0, 0.1) is 5.92 Å². The van der Waals surface area contributed by atoms with Gasteiger partial charge in [-0.25, -0.2) is 4.79 Å². The maximum absolute atomic E-state index is 10.9. The zero-order valence-corrected chi connectivity index (χ0v) is 11.6. The number of carboxylic acid groups (broad SMARTS) is 1. The summed E-state index contributed by atoms with van der Waals surface area (Å²) in [5.74, 6) is -0.150. The van der Waals surface area contributed by atoms with Gasteiger partial charge < -0.3 is 10.0 Å². The van der Waals surface area contributed by atoms with Crippen molar-refractivity contribution in [3.63, 3.8) is 0 Å². The molecule has 0 radical (unpaired) electrons. The van der Waals surface area contributed by atoms with Gasteiger partial charge in [0.05, 0.1) is 0 Å². The Labute approximate surface area is 107 Å². The fourth-order valence-electron chi connectivity index (χ4n) is 1.88. The van der Waals surface area contributed by atoms with E-state index in [-0.39, 0.29) is 0 Å². The highest BCUT2D eigenvalue weighted by molar-refractivity contribution is 7.12. The summed E-state index contributed by atoms with van der Waals surface area (Å²) < 4.78 is 0. The Balaban J connectivity index is 2.75. The van der Waals surface area contributed by atoms with Gasteiger partial charge in [0.15, 0.2) is 0 Å². The lowest BCUT2D eigenvalue weighted by Gasteiger charge is -2.26. The monoisotopic (exact) mass is 255 g/mol. The fraction of sp³-hybridized carbons (Fsp3) is 0.615. The Morgan fingerprint density at radius 1 is 1.41 bits per heavy atom. The predicted octanol–water partition coefficient (Wildman–Crippen LogP) is 3.71. The maximum atomic E-state index is 10.9. The molecule has 1 aromatic rings. The van der Waals surface area contributed by atoms with Gasteiger partial charge in [0.25, 0.3) is 0 Å². The first-order valence-electron chi connectivity index (χ1n) is 6.19. The van der Waals surface area contributed by atoms with Crippen molar-refractivity contribution < 1.29 is 9.90 Å². The van der Waals surface area contributed by atoms with E-state index in [2.05, 4.69) is 25.7 Å². The molecule has 0 atom stereocenters. The molecule has 0 spiro atoms. The van der Waals surface area contributed by atoms with Gasteiger partial charge in [-0.3, -0.25) is 0 Å². The van der Waals surface area contributed by atoms with Crippen LogP contribution in [0.2, 0.25) is 0 Å². The number of rotatable bonds is 7. The molecular weight excluding hydrogens is 234 g/mol. The Morgan fingerprint density at radius 2 is 2.06 bits per heavy atom. The van der Waals surface area contributed by atoms with Crippen molar-refractivity contribution in [3.8, 4) is 0 Å². The Morgan fingerprint density at radius 3 is 2.47 bits per heavy atom. The van der Waals surface area contributed by atoms with E-state index in [0.717, 1.165) is 18.8 Å². The summed E-state index contributed by atoms with van der Waals surface area (Å²) in [5, 5.41) is 10.9. The lowest BCUT2D eigenvalue weighted by Crippen LogP contribution is -2.28. The van der Waals surface area contributed by atoms with Crippen LogP contribution in [0.1, 0.15) is 43.3 Å². The van der Waals surface area contributed by atoms with Gasteiger partial charge in [-0.1, -0.05) is 26.7 Å². The minimum absolute atomic E-state index is 0.419. The first kappa shape index (κ1) is 14.0. The van der Waals surface area contributed by atoms with Crippen molar-refractivity contribution in [3.05, 3.63) is 16.3 Å². The van der Waals surface area contributed by atoms with E-state index >= 15 is 0 Å². The second-order valence-electron chi connectivity index (χ2n) is 4.20. The topological polar surface area (TPSA) is 40.5 Å². The zero-order chi connectivity index (χ0) is 12.8. The smallest absolute Gasteiger partial charge is 0.345 e. The highest BCUT2D eigenvalue weighted by Gasteiger charge is 2.14. The molecule has 1 aromatic heterocycles. The van der Waals surface area contributed by atoms with Crippen molar-refractivity contribution in [2.24, 2.45) is 5.92 Å². The number of thiophene rings is 1. The third-order valence-electron chi connectivity index (χ3n) is 3.18. The molecule has 4 heteroatoms. The number of aromatic carboxylic acids is 1. The minimum Gasteiger partial charge on any atom is -0.477 e. The lowest BCUT2D eigenvalue weighted by atomic mass is 10.0. The normalized spacial score (nSPS) is 10.8. The second kappa shape index (κ2) is 6.64. The minimum atomic E-state index is -0.833. The lowest BCUT2D eigenvalue weighted by molar-refractivity contribution is 0.0702. The Hall–Kier alpha value is -1.03. The van der Waals surface area contributed by atoms with Gasteiger partial charge >= 0.3 is 5.97 Å². The first-order valence-corrected chi connectivity index (χ1v) is 7.07. The maximum Gasteiger partial charge on any atom is 0.345 e. The standard InChI is InChI=1S/C13H21NO2S/c1-4-10(5-2)8-14(6-3)11-7-12(13(15)16)17-9-11/h7,9-10H,4-6,8H2,1-3H3,(H,15,16). The first-order chi connectivity index (χ1) is 8.12. The van der Waals surface area contributed by atoms with E-state index < -0.39 is 5.97 Å². The molecule has 0 aliphatic carbocycles. The largest absolute Gasteiger partial charge is 0.477 e. The van der Waals surface area contributed by atoms with Crippen LogP contribution in [0.5, 0.6) is 0 Å². The molecule has 0 aliphatic heterocycles. The quantitative estimate of drug-likeness (QED) is 0.807. The molecule has 3 nitrogen and oxygen atoms in total. The number of anilines is 1. The van der Waals surface area contributed by atoms with Crippen LogP contribution >= 0.6 is 11.3 Å². The zero-order valence-electron chi connectivity index (χ0n) is 10.8. The summed E-state index contributed by atoms with van der Waals surface area (Å²) >= 11 is 1.30. The number of hydrogen-bond acceptors (Lipinski definition) is 3. The molecule has 0 amide bonds. The molecule has 0 unspecified atom stereocenters. The van der Waals surface area contributed by atoms with Gasteiger partial charge in [-0.05, 0) is 18.9 Å². The van der Waals surface area contributed by atoms with Gasteiger partial charge in [-0.2, -0.15) is 0 Å². The molecular formula is C13H21NO2S. The highest BCUT2D eigenvalue weighted by atomic mass is 32.1. The SMILES string of the molecule is CCC(CC)CN(CC)c1csc(C(=O)O)c1. The molecule has 1 heterocycles. The Bertz CT molecular complexity index is 358. The van der Waals surface area contributed by atoms with Crippen molar-refractivity contribution in [2.45, 2.75) is 33.6 Å². The average molecular weight is 255 g/mol. The van der Waals surface area contributed by atoms with E-state index in [0.29, 0.717) is 10.8 Å². The summed E-state index contributed by atoms with van der Waals surface area (Å²) in [7, 11) is 0. The van der Waals surface area contributed by atoms with Crippen LogP contribution in [0.15, 0.2) is 11.4 Å². The van der Waals surface area contributed by atoms with Crippen molar-refractivity contribution in [1.82, 2.24) is 0 Å². The third-order valence-corrected chi connectivity index (χ3v) is 4.08. The highest BCUT2D eigenvalue weighted by Crippen LogP contribution is 2.25. The molecule has 0 fully saturated rings. The summed E-state index contributed by atoms with van der Waals surface area (Å²) in [6.45, 7) is 8.46. The summed E-state index contributed by atoms with van der Waals surface area (Å²) in [5.41, 5.74) is 1.04. The fourth-order valence-corrected chi connectivity index (χ4v) is 2.63. The number of nitrogens with zero attached hydrogens (tertiary/aromatic N) is 1. The van der Waals surface area contributed by atoms with Crippen LogP contribution in [0.3, 0.4) is 0 Å². The van der Waals surface area contributed by atoms with E-state index in [4.69, 9.17) is 5.11 Å². The van der Waals surface area contributed by atoms with Gasteiger partial charge in [0.1, 0.15) is 4.88 Å². The average Bonchev–Trinajstić information content (AvgIpc) is 2.80. The second-order valence-corrected chi connectivity index (χ2v) is 5.11. The van der Waals surface area contributed by atoms with E-state index in [1.54, 1.807) is 6.07 Å². The van der Waals surface area contributed by atoms with Crippen LogP contribution in [-0.2, 0) is 0 Å². The molecule has 17 heavy (non-hydrogen) atoms. The summed E-state index contributed by atoms with van der Waals surface area (Å²) in [6, 6.07) is 1.78. The number of hydrogen-bond donors (Lipinski definition) is 1. The molecule has 0 aliphatic rings. The Kier molecular flexibility index (Phi) is 5.48. The third kappa shape index (κ3) is 3.73. The van der Waals surface area contributed by atoms with Gasteiger partial charge in [0.2, 0.25) is 0 Å². The van der Waals surface area contributed by atoms with Crippen molar-refractivity contribution >= 4 is 23.0 Å². The number of carbonyl (C=O) groups is 1. The van der Waals surface area contributed by atoms with E-state index in [1.807, 2.05) is 5.38 Å². The molecule has 1 N–H and O–H groups in total. The summed E-state index contributed by atoms with van der Waals surface area (Å²) in [4.78, 5) is 13.5. The molecule has 0 saturated heterocycles. The van der Waals surface area contributed by atoms with Crippen LogP contribution in [0.25, 0.3) is 0 Å².